The lowest BCUT2D eigenvalue weighted by atomic mass is 10.1. The molecule has 0 saturated heterocycles. The zero-order valence-electron chi connectivity index (χ0n) is 14.8. The summed E-state index contributed by atoms with van der Waals surface area (Å²) in [7, 11) is 0. The topological polar surface area (TPSA) is 58.5 Å². The van der Waals surface area contributed by atoms with Gasteiger partial charge in [0.25, 0.3) is 0 Å². The van der Waals surface area contributed by atoms with E-state index >= 15 is 0 Å². The van der Waals surface area contributed by atoms with E-state index in [0.717, 1.165) is 41.1 Å². The van der Waals surface area contributed by atoms with Crippen molar-refractivity contribution in [1.82, 2.24) is 19.5 Å². The summed E-state index contributed by atoms with van der Waals surface area (Å²) < 4.78 is 2.18. The Morgan fingerprint density at radius 3 is 2.41 bits per heavy atom. The van der Waals surface area contributed by atoms with Gasteiger partial charge in [0.1, 0.15) is 0 Å². The van der Waals surface area contributed by atoms with Gasteiger partial charge < -0.3 is 14.9 Å². The fourth-order valence-electron chi connectivity index (χ4n) is 3.32. The van der Waals surface area contributed by atoms with E-state index in [-0.39, 0.29) is 0 Å². The summed E-state index contributed by atoms with van der Waals surface area (Å²) in [5.74, 6) is 0.796. The van der Waals surface area contributed by atoms with Gasteiger partial charge in [-0.2, -0.15) is 0 Å². The van der Waals surface area contributed by atoms with Crippen molar-refractivity contribution in [3.8, 4) is 0 Å². The van der Waals surface area contributed by atoms with Crippen LogP contribution in [0.25, 0.3) is 22.1 Å². The van der Waals surface area contributed by atoms with Gasteiger partial charge in [0, 0.05) is 13.1 Å². The van der Waals surface area contributed by atoms with E-state index in [0.29, 0.717) is 0 Å². The molecule has 2 heterocycles. The van der Waals surface area contributed by atoms with Crippen molar-refractivity contribution >= 4 is 28.0 Å². The standard InChI is InChI=1S/C22H19N5/c1-2-6-19-18(5-1)25-22(26-19)23-13-16-9-11-17(12-10-16)14-27-15-24-20-7-3-4-8-21(20)27/h1-12,15H,13-14H2,(H2,23,25,26). The lowest BCUT2D eigenvalue weighted by Gasteiger charge is -2.07. The zero-order chi connectivity index (χ0) is 18.1. The second-order valence-electron chi connectivity index (χ2n) is 6.63. The number of imidazole rings is 2. The van der Waals surface area contributed by atoms with E-state index in [1.807, 2.05) is 48.8 Å². The minimum absolute atomic E-state index is 0.730. The predicted octanol–water partition coefficient (Wildman–Crippen LogP) is 4.57. The summed E-state index contributed by atoms with van der Waals surface area (Å²) >= 11 is 0. The Labute approximate surface area is 156 Å². The van der Waals surface area contributed by atoms with Gasteiger partial charge in [-0.15, -0.1) is 0 Å². The number of nitrogens with zero attached hydrogens (tertiary/aromatic N) is 3. The molecule has 0 atom stereocenters. The van der Waals surface area contributed by atoms with Crippen LogP contribution in [0.2, 0.25) is 0 Å². The third-order valence-electron chi connectivity index (χ3n) is 4.75. The van der Waals surface area contributed by atoms with Crippen LogP contribution in [0.3, 0.4) is 0 Å². The number of aromatic nitrogens is 4. The first-order chi connectivity index (χ1) is 13.3. The number of benzene rings is 3. The Bertz CT molecular complexity index is 1170. The van der Waals surface area contributed by atoms with Crippen LogP contribution in [-0.2, 0) is 13.1 Å². The third-order valence-corrected chi connectivity index (χ3v) is 4.75. The van der Waals surface area contributed by atoms with Crippen molar-refractivity contribution in [1.29, 1.82) is 0 Å². The van der Waals surface area contributed by atoms with Crippen LogP contribution in [0, 0.1) is 0 Å². The summed E-state index contributed by atoms with van der Waals surface area (Å²) in [5.41, 5.74) is 6.68. The Hall–Kier alpha value is -3.60. The third kappa shape index (κ3) is 3.15. The van der Waals surface area contributed by atoms with Gasteiger partial charge in [-0.1, -0.05) is 48.5 Å². The van der Waals surface area contributed by atoms with E-state index in [1.165, 1.54) is 11.1 Å². The number of H-pyrrole nitrogens is 1. The van der Waals surface area contributed by atoms with Crippen LogP contribution in [-0.4, -0.2) is 19.5 Å². The van der Waals surface area contributed by atoms with Crippen molar-refractivity contribution < 1.29 is 0 Å². The quantitative estimate of drug-likeness (QED) is 0.486. The Balaban J connectivity index is 1.27. The highest BCUT2D eigenvalue weighted by Crippen LogP contribution is 2.16. The number of anilines is 1. The number of nitrogens with one attached hydrogen (secondary N) is 2. The molecule has 0 spiro atoms. The molecule has 5 aromatic rings. The van der Waals surface area contributed by atoms with Gasteiger partial charge in [0.15, 0.2) is 0 Å². The molecule has 27 heavy (non-hydrogen) atoms. The average Bonchev–Trinajstić information content (AvgIpc) is 3.31. The summed E-state index contributed by atoms with van der Waals surface area (Å²) in [6.45, 7) is 1.55. The molecular weight excluding hydrogens is 334 g/mol. The first kappa shape index (κ1) is 15.6. The maximum Gasteiger partial charge on any atom is 0.201 e. The predicted molar refractivity (Wildman–Crippen MR) is 109 cm³/mol. The number of hydrogen-bond acceptors (Lipinski definition) is 3. The van der Waals surface area contributed by atoms with Crippen molar-refractivity contribution in [3.63, 3.8) is 0 Å². The summed E-state index contributed by atoms with van der Waals surface area (Å²) in [6.07, 6.45) is 1.90. The summed E-state index contributed by atoms with van der Waals surface area (Å²) in [5, 5.41) is 3.36. The highest BCUT2D eigenvalue weighted by atomic mass is 15.1. The van der Waals surface area contributed by atoms with Crippen LogP contribution in [0.15, 0.2) is 79.1 Å². The van der Waals surface area contributed by atoms with Crippen molar-refractivity contribution in [2.75, 3.05) is 5.32 Å². The van der Waals surface area contributed by atoms with E-state index in [1.54, 1.807) is 0 Å². The van der Waals surface area contributed by atoms with Crippen LogP contribution < -0.4 is 5.32 Å². The molecule has 0 fully saturated rings. The Kier molecular flexibility index (Phi) is 3.83. The van der Waals surface area contributed by atoms with E-state index in [2.05, 4.69) is 55.2 Å². The molecule has 2 N–H and O–H groups in total. The van der Waals surface area contributed by atoms with Crippen LogP contribution in [0.1, 0.15) is 11.1 Å². The molecule has 0 saturated carbocycles. The van der Waals surface area contributed by atoms with Gasteiger partial charge in [0.05, 0.1) is 28.4 Å². The molecule has 132 valence electrons. The van der Waals surface area contributed by atoms with Gasteiger partial charge in [-0.05, 0) is 35.4 Å². The fraction of sp³-hybridized carbons (Fsp3) is 0.0909. The molecule has 0 aliphatic heterocycles. The van der Waals surface area contributed by atoms with Gasteiger partial charge in [0.2, 0.25) is 5.95 Å². The number of rotatable bonds is 5. The Morgan fingerprint density at radius 1 is 0.815 bits per heavy atom. The Morgan fingerprint density at radius 2 is 1.56 bits per heavy atom. The normalized spacial score (nSPS) is 11.3. The molecule has 0 aliphatic rings. The van der Waals surface area contributed by atoms with Gasteiger partial charge >= 0.3 is 0 Å². The zero-order valence-corrected chi connectivity index (χ0v) is 14.8. The number of aromatic amines is 1. The molecule has 3 aromatic carbocycles. The maximum absolute atomic E-state index is 4.55. The average molecular weight is 353 g/mol. The van der Waals surface area contributed by atoms with Gasteiger partial charge in [-0.25, -0.2) is 9.97 Å². The summed E-state index contributed by atoms with van der Waals surface area (Å²) in [6, 6.07) is 24.9. The first-order valence-electron chi connectivity index (χ1n) is 9.01. The molecule has 5 nitrogen and oxygen atoms in total. The van der Waals surface area contributed by atoms with Crippen molar-refractivity contribution in [2.24, 2.45) is 0 Å². The number of para-hydroxylation sites is 4. The minimum Gasteiger partial charge on any atom is -0.352 e. The minimum atomic E-state index is 0.730. The summed E-state index contributed by atoms with van der Waals surface area (Å²) in [4.78, 5) is 12.3. The molecule has 5 heteroatoms. The molecule has 0 radical (unpaired) electrons. The molecule has 0 bridgehead atoms. The van der Waals surface area contributed by atoms with E-state index in [9.17, 15) is 0 Å². The first-order valence-corrected chi connectivity index (χ1v) is 9.01. The second kappa shape index (κ2) is 6.61. The van der Waals surface area contributed by atoms with Crippen molar-refractivity contribution in [2.45, 2.75) is 13.1 Å². The van der Waals surface area contributed by atoms with Gasteiger partial charge in [-0.3, -0.25) is 0 Å². The number of hydrogen-bond donors (Lipinski definition) is 2. The molecule has 0 aliphatic carbocycles. The van der Waals surface area contributed by atoms with Crippen LogP contribution in [0.5, 0.6) is 0 Å². The second-order valence-corrected chi connectivity index (χ2v) is 6.63. The molecule has 2 aromatic heterocycles. The lowest BCUT2D eigenvalue weighted by Crippen LogP contribution is -2.02. The highest BCUT2D eigenvalue weighted by Gasteiger charge is 2.04. The largest absolute Gasteiger partial charge is 0.352 e. The smallest absolute Gasteiger partial charge is 0.201 e. The monoisotopic (exact) mass is 353 g/mol. The lowest BCUT2D eigenvalue weighted by molar-refractivity contribution is 0.823. The molecule has 5 rings (SSSR count). The fourth-order valence-corrected chi connectivity index (χ4v) is 3.32. The maximum atomic E-state index is 4.55. The molecule has 0 amide bonds. The van der Waals surface area contributed by atoms with Crippen LogP contribution in [0.4, 0.5) is 5.95 Å². The SMILES string of the molecule is c1ccc2[nH]c(NCc3ccc(Cn4cnc5ccccc54)cc3)nc2c1. The molecule has 0 unspecified atom stereocenters. The highest BCUT2D eigenvalue weighted by molar-refractivity contribution is 5.77. The van der Waals surface area contributed by atoms with E-state index in [4.69, 9.17) is 0 Å². The number of fused-ring (bicyclic) bond motifs is 2. The van der Waals surface area contributed by atoms with E-state index < -0.39 is 0 Å². The van der Waals surface area contributed by atoms with Crippen LogP contribution >= 0.6 is 0 Å². The van der Waals surface area contributed by atoms with Crippen molar-refractivity contribution in [3.05, 3.63) is 90.3 Å². The molecular formula is C22H19N5.